The monoisotopic (exact) mass is 266 g/mol. The van der Waals surface area contributed by atoms with Crippen molar-refractivity contribution in [1.82, 2.24) is 10.2 Å². The van der Waals surface area contributed by atoms with Crippen LogP contribution in [-0.2, 0) is 6.54 Å². The van der Waals surface area contributed by atoms with E-state index in [1.54, 1.807) is 11.0 Å². The molecule has 1 aliphatic rings. The molecule has 1 aromatic rings. The average molecular weight is 266 g/mol. The van der Waals surface area contributed by atoms with Gasteiger partial charge in [0, 0.05) is 13.1 Å². The molecule has 104 valence electrons. The lowest BCUT2D eigenvalue weighted by molar-refractivity contribution is 0.0660. The van der Waals surface area contributed by atoms with Crippen molar-refractivity contribution in [1.29, 1.82) is 0 Å². The second-order valence-corrected chi connectivity index (χ2v) is 4.92. The van der Waals surface area contributed by atoms with Gasteiger partial charge in [0.15, 0.2) is 0 Å². The van der Waals surface area contributed by atoms with Crippen LogP contribution in [0.25, 0.3) is 0 Å². The molecule has 1 saturated heterocycles. The number of nitrogens with one attached hydrogen (secondary N) is 1. The number of carbonyl (C=O) groups is 2. The van der Waals surface area contributed by atoms with Gasteiger partial charge < -0.3 is 19.7 Å². The first-order valence-electron chi connectivity index (χ1n) is 6.41. The summed E-state index contributed by atoms with van der Waals surface area (Å²) in [6.45, 7) is 3.88. The first-order chi connectivity index (χ1) is 9.06. The molecular formula is C13H18N2O4. The van der Waals surface area contributed by atoms with Crippen LogP contribution in [0.3, 0.4) is 0 Å². The van der Waals surface area contributed by atoms with Gasteiger partial charge in [0.05, 0.1) is 6.54 Å². The Morgan fingerprint density at radius 3 is 2.95 bits per heavy atom. The molecule has 0 bridgehead atoms. The van der Waals surface area contributed by atoms with Crippen LogP contribution >= 0.6 is 0 Å². The number of carboxylic acids is 1. The van der Waals surface area contributed by atoms with Crippen molar-refractivity contribution < 1.29 is 19.1 Å². The van der Waals surface area contributed by atoms with E-state index in [0.717, 1.165) is 25.9 Å². The van der Waals surface area contributed by atoms with Crippen LogP contribution in [0.15, 0.2) is 16.5 Å². The molecule has 1 atom stereocenters. The van der Waals surface area contributed by atoms with Crippen LogP contribution in [0, 0.1) is 5.92 Å². The van der Waals surface area contributed by atoms with Gasteiger partial charge in [-0.3, -0.25) is 0 Å². The number of furan rings is 1. The van der Waals surface area contributed by atoms with Crippen molar-refractivity contribution in [3.63, 3.8) is 0 Å². The Balaban J connectivity index is 1.84. The van der Waals surface area contributed by atoms with Crippen LogP contribution in [0.5, 0.6) is 0 Å². The molecule has 2 N–H and O–H groups in total. The lowest BCUT2D eigenvalue weighted by Gasteiger charge is -2.30. The highest BCUT2D eigenvalue weighted by Crippen LogP contribution is 2.15. The van der Waals surface area contributed by atoms with Crippen molar-refractivity contribution in [2.75, 3.05) is 13.1 Å². The van der Waals surface area contributed by atoms with Crippen LogP contribution in [0.2, 0.25) is 0 Å². The third kappa shape index (κ3) is 3.49. The zero-order chi connectivity index (χ0) is 13.8. The molecule has 0 radical (unpaired) electrons. The first-order valence-corrected chi connectivity index (χ1v) is 6.41. The molecule has 0 saturated carbocycles. The summed E-state index contributed by atoms with van der Waals surface area (Å²) >= 11 is 0. The summed E-state index contributed by atoms with van der Waals surface area (Å²) in [6, 6.07) is 2.81. The molecule has 2 heterocycles. The lowest BCUT2D eigenvalue weighted by Crippen LogP contribution is -2.44. The van der Waals surface area contributed by atoms with E-state index in [9.17, 15) is 9.59 Å². The number of hydrogen-bond acceptors (Lipinski definition) is 3. The Kier molecular flexibility index (Phi) is 4.09. The van der Waals surface area contributed by atoms with Gasteiger partial charge in [-0.2, -0.15) is 0 Å². The predicted molar refractivity (Wildman–Crippen MR) is 67.9 cm³/mol. The highest BCUT2D eigenvalue weighted by molar-refractivity contribution is 5.84. The van der Waals surface area contributed by atoms with Crippen LogP contribution in [0.4, 0.5) is 4.79 Å². The van der Waals surface area contributed by atoms with E-state index in [-0.39, 0.29) is 18.3 Å². The minimum Gasteiger partial charge on any atom is -0.475 e. The van der Waals surface area contributed by atoms with Gasteiger partial charge in [0.2, 0.25) is 5.76 Å². The summed E-state index contributed by atoms with van der Waals surface area (Å²) in [7, 11) is 0. The Hall–Kier alpha value is -1.98. The van der Waals surface area contributed by atoms with E-state index in [1.165, 1.54) is 6.07 Å². The Bertz CT molecular complexity index is 469. The van der Waals surface area contributed by atoms with Crippen molar-refractivity contribution in [3.05, 3.63) is 23.7 Å². The maximum Gasteiger partial charge on any atom is 0.371 e. The van der Waals surface area contributed by atoms with E-state index >= 15 is 0 Å². The molecule has 0 spiro atoms. The maximum absolute atomic E-state index is 11.9. The number of carbonyl (C=O) groups excluding carboxylic acids is 1. The number of hydrogen-bond donors (Lipinski definition) is 2. The highest BCUT2D eigenvalue weighted by Gasteiger charge is 2.20. The molecule has 1 fully saturated rings. The fraction of sp³-hybridized carbons (Fsp3) is 0.538. The fourth-order valence-corrected chi connectivity index (χ4v) is 2.24. The van der Waals surface area contributed by atoms with E-state index in [4.69, 9.17) is 9.52 Å². The van der Waals surface area contributed by atoms with Crippen LogP contribution in [0.1, 0.15) is 36.1 Å². The summed E-state index contributed by atoms with van der Waals surface area (Å²) < 4.78 is 5.07. The molecule has 6 nitrogen and oxygen atoms in total. The Morgan fingerprint density at radius 1 is 1.53 bits per heavy atom. The number of nitrogens with zero attached hydrogens (tertiary/aromatic N) is 1. The van der Waals surface area contributed by atoms with Crippen LogP contribution in [-0.4, -0.2) is 35.1 Å². The summed E-state index contributed by atoms with van der Waals surface area (Å²) in [6.07, 6.45) is 2.18. The second kappa shape index (κ2) is 5.77. The van der Waals surface area contributed by atoms with E-state index < -0.39 is 5.97 Å². The molecule has 1 aliphatic heterocycles. The summed E-state index contributed by atoms with van der Waals surface area (Å²) in [5.41, 5.74) is 0. The largest absolute Gasteiger partial charge is 0.475 e. The predicted octanol–water partition coefficient (Wildman–Crippen LogP) is 1.92. The molecule has 1 unspecified atom stereocenters. The summed E-state index contributed by atoms with van der Waals surface area (Å²) in [5.74, 6) is -0.254. The number of rotatable bonds is 3. The van der Waals surface area contributed by atoms with Gasteiger partial charge in [-0.25, -0.2) is 9.59 Å². The van der Waals surface area contributed by atoms with Gasteiger partial charge in [0.1, 0.15) is 5.76 Å². The van der Waals surface area contributed by atoms with E-state index in [1.807, 2.05) is 0 Å². The first kappa shape index (κ1) is 13.5. The third-order valence-electron chi connectivity index (χ3n) is 3.23. The molecule has 2 amide bonds. The topological polar surface area (TPSA) is 82.8 Å². The zero-order valence-electron chi connectivity index (χ0n) is 10.9. The fourth-order valence-electron chi connectivity index (χ4n) is 2.24. The minimum absolute atomic E-state index is 0.115. The normalized spacial score (nSPS) is 19.2. The van der Waals surface area contributed by atoms with E-state index in [0.29, 0.717) is 11.7 Å². The average Bonchev–Trinajstić information content (AvgIpc) is 2.85. The minimum atomic E-state index is -1.11. The number of piperidine rings is 1. The number of urea groups is 1. The quantitative estimate of drug-likeness (QED) is 0.875. The molecule has 19 heavy (non-hydrogen) atoms. The Labute approximate surface area is 111 Å². The van der Waals surface area contributed by atoms with Crippen LogP contribution < -0.4 is 5.32 Å². The number of aromatic carboxylic acids is 1. The number of likely N-dealkylation sites (tertiary alicyclic amines) is 1. The van der Waals surface area contributed by atoms with Gasteiger partial charge in [0.25, 0.3) is 0 Å². The van der Waals surface area contributed by atoms with Gasteiger partial charge in [-0.15, -0.1) is 0 Å². The second-order valence-electron chi connectivity index (χ2n) is 4.92. The smallest absolute Gasteiger partial charge is 0.371 e. The number of amides is 2. The van der Waals surface area contributed by atoms with Gasteiger partial charge in [-0.1, -0.05) is 6.92 Å². The van der Waals surface area contributed by atoms with Crippen molar-refractivity contribution >= 4 is 12.0 Å². The Morgan fingerprint density at radius 2 is 2.32 bits per heavy atom. The molecule has 2 rings (SSSR count). The maximum atomic E-state index is 11.9. The summed E-state index contributed by atoms with van der Waals surface area (Å²) in [5, 5.41) is 11.5. The van der Waals surface area contributed by atoms with Crippen molar-refractivity contribution in [2.24, 2.45) is 5.92 Å². The summed E-state index contributed by atoms with van der Waals surface area (Å²) in [4.78, 5) is 24.3. The SMILES string of the molecule is CC1CCCN(C(=O)NCc2ccc(C(=O)O)o2)C1. The number of carboxylic acid groups (broad SMARTS) is 1. The third-order valence-corrected chi connectivity index (χ3v) is 3.23. The standard InChI is InChI=1S/C13H18N2O4/c1-9-3-2-6-15(8-9)13(18)14-7-10-4-5-11(19-10)12(16)17/h4-5,9H,2-3,6-8H2,1H3,(H,14,18)(H,16,17). The van der Waals surface area contributed by atoms with Crippen molar-refractivity contribution in [2.45, 2.75) is 26.3 Å². The molecule has 6 heteroatoms. The molecule has 0 aromatic carbocycles. The van der Waals surface area contributed by atoms with E-state index in [2.05, 4.69) is 12.2 Å². The molecule has 0 aliphatic carbocycles. The highest BCUT2D eigenvalue weighted by atomic mass is 16.4. The zero-order valence-corrected chi connectivity index (χ0v) is 10.9. The van der Waals surface area contributed by atoms with Crippen molar-refractivity contribution in [3.8, 4) is 0 Å². The molecular weight excluding hydrogens is 248 g/mol. The lowest BCUT2D eigenvalue weighted by atomic mass is 10.0. The molecule has 1 aromatic heterocycles. The van der Waals surface area contributed by atoms with Gasteiger partial charge >= 0.3 is 12.0 Å². The van der Waals surface area contributed by atoms with Gasteiger partial charge in [-0.05, 0) is 30.9 Å².